The van der Waals surface area contributed by atoms with E-state index in [4.69, 9.17) is 4.74 Å². The molecule has 2 heterocycles. The van der Waals surface area contributed by atoms with Crippen LogP contribution in [-0.4, -0.2) is 45.2 Å². The summed E-state index contributed by atoms with van der Waals surface area (Å²) in [6.45, 7) is 4.74. The smallest absolute Gasteiger partial charge is 0.119 e. The van der Waals surface area contributed by atoms with Crippen molar-refractivity contribution in [2.24, 2.45) is 5.92 Å². The van der Waals surface area contributed by atoms with Crippen LogP contribution in [0, 0.1) is 5.92 Å². The van der Waals surface area contributed by atoms with E-state index >= 15 is 0 Å². The van der Waals surface area contributed by atoms with Crippen LogP contribution >= 0.6 is 15.9 Å². The van der Waals surface area contributed by atoms with Crippen molar-refractivity contribution < 1.29 is 4.74 Å². The molecule has 2 unspecified atom stereocenters. The zero-order chi connectivity index (χ0) is 18.1. The topological polar surface area (TPSA) is 15.7 Å². The molecule has 2 atom stereocenters. The summed E-state index contributed by atoms with van der Waals surface area (Å²) in [5.41, 5.74) is 4.30. The van der Waals surface area contributed by atoms with Gasteiger partial charge in [0.25, 0.3) is 0 Å². The maximum absolute atomic E-state index is 5.39. The number of rotatable bonds is 5. The number of para-hydroxylation sites is 1. The van der Waals surface area contributed by atoms with Crippen molar-refractivity contribution in [1.82, 2.24) is 4.90 Å². The van der Waals surface area contributed by atoms with Gasteiger partial charge < -0.3 is 14.5 Å². The Kier molecular flexibility index (Phi) is 5.23. The second-order valence-electron chi connectivity index (χ2n) is 7.71. The van der Waals surface area contributed by atoms with Gasteiger partial charge in [-0.1, -0.05) is 34.1 Å². The third kappa shape index (κ3) is 3.63. The summed E-state index contributed by atoms with van der Waals surface area (Å²) in [4.78, 5) is 5.07. The Morgan fingerprint density at radius 1 is 1.15 bits per heavy atom. The summed E-state index contributed by atoms with van der Waals surface area (Å²) < 4.78 is 6.59. The molecule has 1 fully saturated rings. The van der Waals surface area contributed by atoms with E-state index in [-0.39, 0.29) is 0 Å². The lowest BCUT2D eigenvalue weighted by Crippen LogP contribution is -2.29. The predicted octanol–water partition coefficient (Wildman–Crippen LogP) is 4.56. The highest BCUT2D eigenvalue weighted by Gasteiger charge is 2.30. The van der Waals surface area contributed by atoms with Crippen molar-refractivity contribution in [2.75, 3.05) is 45.2 Å². The van der Waals surface area contributed by atoms with Gasteiger partial charge in [-0.25, -0.2) is 0 Å². The molecule has 2 aromatic rings. The first kappa shape index (κ1) is 17.9. The van der Waals surface area contributed by atoms with Crippen molar-refractivity contribution >= 4 is 21.6 Å². The highest BCUT2D eigenvalue weighted by molar-refractivity contribution is 9.10. The van der Waals surface area contributed by atoms with Crippen LogP contribution in [0.5, 0.6) is 5.75 Å². The normalized spacial score (nSPS) is 22.7. The van der Waals surface area contributed by atoms with Crippen molar-refractivity contribution in [2.45, 2.75) is 18.8 Å². The molecule has 138 valence electrons. The number of hydrogen-bond acceptors (Lipinski definition) is 3. The average Bonchev–Trinajstić information content (AvgIpc) is 3.22. The number of anilines is 1. The van der Waals surface area contributed by atoms with Crippen LogP contribution in [0.15, 0.2) is 46.9 Å². The van der Waals surface area contributed by atoms with Gasteiger partial charge in [0.1, 0.15) is 5.75 Å². The first-order chi connectivity index (χ1) is 12.6. The molecule has 2 aliphatic rings. The first-order valence-electron chi connectivity index (χ1n) is 9.49. The van der Waals surface area contributed by atoms with Crippen molar-refractivity contribution in [3.63, 3.8) is 0 Å². The van der Waals surface area contributed by atoms with Gasteiger partial charge in [-0.05, 0) is 60.7 Å². The first-order valence-corrected chi connectivity index (χ1v) is 10.3. The van der Waals surface area contributed by atoms with Crippen molar-refractivity contribution in [3.05, 3.63) is 58.1 Å². The summed E-state index contributed by atoms with van der Waals surface area (Å²) in [5.74, 6) is 2.31. The van der Waals surface area contributed by atoms with E-state index in [0.717, 1.165) is 24.6 Å². The van der Waals surface area contributed by atoms with Gasteiger partial charge in [0.05, 0.1) is 7.11 Å². The van der Waals surface area contributed by atoms with Gasteiger partial charge >= 0.3 is 0 Å². The molecule has 0 radical (unpaired) electrons. The Balaban J connectivity index is 1.38. The minimum atomic E-state index is 0.638. The van der Waals surface area contributed by atoms with Gasteiger partial charge in [0.15, 0.2) is 0 Å². The van der Waals surface area contributed by atoms with Crippen LogP contribution in [0.4, 0.5) is 5.69 Å². The fourth-order valence-electron chi connectivity index (χ4n) is 4.57. The maximum Gasteiger partial charge on any atom is 0.119 e. The molecule has 0 N–H and O–H groups in total. The lowest BCUT2D eigenvalue weighted by molar-refractivity contribution is 0.305. The number of fused-ring (bicyclic) bond motifs is 1. The summed E-state index contributed by atoms with van der Waals surface area (Å²) in [5, 5.41) is 0. The second-order valence-corrected chi connectivity index (χ2v) is 8.57. The Bertz CT molecular complexity index is 778. The molecule has 4 heteroatoms. The minimum absolute atomic E-state index is 0.638. The molecule has 0 aromatic heterocycles. The zero-order valence-electron chi connectivity index (χ0n) is 15.6. The van der Waals surface area contributed by atoms with Crippen molar-refractivity contribution in [3.8, 4) is 5.75 Å². The average molecular weight is 415 g/mol. The Hall–Kier alpha value is -1.52. The third-order valence-electron chi connectivity index (χ3n) is 5.89. The van der Waals surface area contributed by atoms with E-state index in [1.54, 1.807) is 7.11 Å². The number of likely N-dealkylation sites (N-methyl/N-ethyl adjacent to an activating group) is 1. The van der Waals surface area contributed by atoms with Crippen LogP contribution in [0.1, 0.15) is 23.5 Å². The number of hydrogen-bond donors (Lipinski definition) is 0. The summed E-state index contributed by atoms with van der Waals surface area (Å²) in [6.07, 6.45) is 2.41. The second kappa shape index (κ2) is 7.61. The largest absolute Gasteiger partial charge is 0.497 e. The van der Waals surface area contributed by atoms with Crippen LogP contribution in [0.3, 0.4) is 0 Å². The lowest BCUT2D eigenvalue weighted by Gasteiger charge is -2.21. The number of ether oxygens (including phenoxy) is 1. The Labute approximate surface area is 165 Å². The van der Waals surface area contributed by atoms with Gasteiger partial charge in [-0.2, -0.15) is 0 Å². The summed E-state index contributed by atoms with van der Waals surface area (Å²) >= 11 is 3.70. The monoisotopic (exact) mass is 414 g/mol. The highest BCUT2D eigenvalue weighted by atomic mass is 79.9. The molecular weight excluding hydrogens is 388 g/mol. The van der Waals surface area contributed by atoms with Crippen LogP contribution in [0.25, 0.3) is 0 Å². The van der Waals surface area contributed by atoms with Gasteiger partial charge in [0.2, 0.25) is 0 Å². The lowest BCUT2D eigenvalue weighted by atomic mass is 9.98. The van der Waals surface area contributed by atoms with E-state index in [1.807, 2.05) is 6.07 Å². The number of nitrogens with zero attached hydrogens (tertiary/aromatic N) is 2. The standard InChI is InChI=1S/C22H27BrN2O/c1-24-14-18(20-5-3-4-6-22(20)24)15-25-10-9-16(13-25)11-17-12-19(26-2)7-8-21(17)23/h3-8,12,16,18H,9-11,13-15H2,1-2H3. The molecule has 0 amide bonds. The summed E-state index contributed by atoms with van der Waals surface area (Å²) in [6, 6.07) is 15.2. The highest BCUT2D eigenvalue weighted by Crippen LogP contribution is 2.36. The molecular formula is C22H27BrN2O. The molecule has 2 aromatic carbocycles. The number of benzene rings is 2. The molecule has 0 bridgehead atoms. The van der Waals surface area contributed by atoms with Crippen LogP contribution in [-0.2, 0) is 6.42 Å². The van der Waals surface area contributed by atoms with Crippen molar-refractivity contribution in [1.29, 1.82) is 0 Å². The molecule has 4 rings (SSSR count). The van der Waals surface area contributed by atoms with E-state index in [0.29, 0.717) is 5.92 Å². The molecule has 2 aliphatic heterocycles. The zero-order valence-corrected chi connectivity index (χ0v) is 17.2. The number of halogens is 1. The molecule has 0 aliphatic carbocycles. The van der Waals surface area contributed by atoms with E-state index in [2.05, 4.69) is 69.2 Å². The summed E-state index contributed by atoms with van der Waals surface area (Å²) in [7, 11) is 3.95. The number of methoxy groups -OCH3 is 1. The maximum atomic E-state index is 5.39. The third-order valence-corrected chi connectivity index (χ3v) is 6.67. The SMILES string of the molecule is COc1ccc(Br)c(CC2CCN(CC3CN(C)c4ccccc43)C2)c1. The van der Waals surface area contributed by atoms with Gasteiger partial charge in [-0.3, -0.25) is 0 Å². The van der Waals surface area contributed by atoms with E-state index < -0.39 is 0 Å². The molecule has 3 nitrogen and oxygen atoms in total. The van der Waals surface area contributed by atoms with E-state index in [9.17, 15) is 0 Å². The number of likely N-dealkylation sites (tertiary alicyclic amines) is 1. The van der Waals surface area contributed by atoms with Crippen LogP contribution in [0.2, 0.25) is 0 Å². The van der Waals surface area contributed by atoms with Crippen LogP contribution < -0.4 is 9.64 Å². The van der Waals surface area contributed by atoms with E-state index in [1.165, 1.54) is 47.3 Å². The molecule has 0 saturated carbocycles. The molecule has 1 saturated heterocycles. The predicted molar refractivity (Wildman–Crippen MR) is 111 cm³/mol. The fourth-order valence-corrected chi connectivity index (χ4v) is 4.97. The molecule has 0 spiro atoms. The van der Waals surface area contributed by atoms with Gasteiger partial charge in [0, 0.05) is 42.8 Å². The van der Waals surface area contributed by atoms with Gasteiger partial charge in [-0.15, -0.1) is 0 Å². The quantitative estimate of drug-likeness (QED) is 0.713. The Morgan fingerprint density at radius 2 is 2.00 bits per heavy atom. The Morgan fingerprint density at radius 3 is 2.85 bits per heavy atom. The molecule has 26 heavy (non-hydrogen) atoms. The minimum Gasteiger partial charge on any atom is -0.497 e. The fraction of sp³-hybridized carbons (Fsp3) is 0.455.